The van der Waals surface area contributed by atoms with Crippen molar-refractivity contribution in [1.82, 2.24) is 20.3 Å². The van der Waals surface area contributed by atoms with E-state index >= 15 is 0 Å². The van der Waals surface area contributed by atoms with Crippen molar-refractivity contribution < 1.29 is 9.53 Å². The quantitative estimate of drug-likeness (QED) is 0.607. The first kappa shape index (κ1) is 21.8. The fourth-order valence-electron chi connectivity index (χ4n) is 5.35. The molecule has 0 amide bonds. The third-order valence-electron chi connectivity index (χ3n) is 6.87. The average molecular weight is 441 g/mol. The number of nitrogens with zero attached hydrogens (tertiary/aromatic N) is 3. The molecule has 1 aromatic heterocycles. The Labute approximate surface area is 188 Å². The highest BCUT2D eigenvalue weighted by atomic mass is 35.5. The summed E-state index contributed by atoms with van der Waals surface area (Å²) in [5, 5.41) is 12.2. The normalized spacial score (nSPS) is 20.2. The number of esters is 1. The third kappa shape index (κ3) is 3.72. The summed E-state index contributed by atoms with van der Waals surface area (Å²) in [6, 6.07) is 11.4. The summed E-state index contributed by atoms with van der Waals surface area (Å²) >= 11 is 0. The van der Waals surface area contributed by atoms with Crippen LogP contribution in [0.3, 0.4) is 0 Å². The van der Waals surface area contributed by atoms with Crippen LogP contribution in [0.1, 0.15) is 59.5 Å². The van der Waals surface area contributed by atoms with Gasteiger partial charge in [-0.15, -0.1) is 17.5 Å². The zero-order valence-electron chi connectivity index (χ0n) is 18.2. The Morgan fingerprint density at radius 2 is 2.16 bits per heavy atom. The second-order valence-electron chi connectivity index (χ2n) is 8.57. The molecule has 3 atom stereocenters. The molecule has 2 aromatic carbocycles. The standard InChI is InChI=1S/C24H28N4O2.ClH/c1-4-30-22(29)13-19(18-7-8-21-23(14(18)2)26-27-28(21)3)16-6-5-15-11-17-9-10-25-24(17)20(15)12-16;/h5-8,12,17,19,24-25H,4,9-11,13H2,1-3H3;1H. The number of fused-ring (bicyclic) bond motifs is 4. The molecule has 0 spiro atoms. The van der Waals surface area contributed by atoms with Crippen LogP contribution in [0, 0.1) is 12.8 Å². The largest absolute Gasteiger partial charge is 0.466 e. The molecule has 7 heteroatoms. The molecule has 1 aliphatic heterocycles. The van der Waals surface area contributed by atoms with Gasteiger partial charge in [-0.2, -0.15) is 0 Å². The van der Waals surface area contributed by atoms with Crippen LogP contribution in [-0.2, 0) is 23.0 Å². The van der Waals surface area contributed by atoms with Crippen LogP contribution in [0.25, 0.3) is 11.0 Å². The number of benzene rings is 2. The SMILES string of the molecule is CCOC(=O)CC(c1ccc2c(c1)C1NCCC1C2)c1ccc2c(nnn2C)c1C.Cl. The van der Waals surface area contributed by atoms with E-state index in [1.165, 1.54) is 23.1 Å². The number of carbonyl (C=O) groups is 1. The van der Waals surface area contributed by atoms with Crippen molar-refractivity contribution in [3.8, 4) is 0 Å². The summed E-state index contributed by atoms with van der Waals surface area (Å²) in [6.45, 7) is 5.41. The lowest BCUT2D eigenvalue weighted by molar-refractivity contribution is -0.143. The van der Waals surface area contributed by atoms with Crippen molar-refractivity contribution in [1.29, 1.82) is 0 Å². The summed E-state index contributed by atoms with van der Waals surface area (Å²) < 4.78 is 7.11. The first-order valence-corrected chi connectivity index (χ1v) is 10.9. The smallest absolute Gasteiger partial charge is 0.306 e. The number of hydrogen-bond donors (Lipinski definition) is 1. The van der Waals surface area contributed by atoms with Gasteiger partial charge in [0.05, 0.1) is 18.5 Å². The van der Waals surface area contributed by atoms with Crippen molar-refractivity contribution in [2.24, 2.45) is 13.0 Å². The summed E-state index contributed by atoms with van der Waals surface area (Å²) in [5.41, 5.74) is 8.10. The fourth-order valence-corrected chi connectivity index (χ4v) is 5.35. The van der Waals surface area contributed by atoms with Gasteiger partial charge in [0.15, 0.2) is 0 Å². The molecule has 1 aliphatic carbocycles. The lowest BCUT2D eigenvalue weighted by Gasteiger charge is -2.21. The highest BCUT2D eigenvalue weighted by molar-refractivity contribution is 5.85. The predicted octanol–water partition coefficient (Wildman–Crippen LogP) is 3.99. The van der Waals surface area contributed by atoms with Gasteiger partial charge in [-0.1, -0.05) is 29.5 Å². The Morgan fingerprint density at radius 1 is 1.32 bits per heavy atom. The van der Waals surface area contributed by atoms with E-state index in [4.69, 9.17) is 4.74 Å². The summed E-state index contributed by atoms with van der Waals surface area (Å²) in [5.74, 6) is 0.469. The first-order chi connectivity index (χ1) is 14.6. The first-order valence-electron chi connectivity index (χ1n) is 10.9. The van der Waals surface area contributed by atoms with Gasteiger partial charge in [0.2, 0.25) is 0 Å². The predicted molar refractivity (Wildman–Crippen MR) is 123 cm³/mol. The van der Waals surface area contributed by atoms with E-state index in [9.17, 15) is 4.79 Å². The Balaban J connectivity index is 0.00000231. The number of ether oxygens (including phenoxy) is 1. The van der Waals surface area contributed by atoms with Crippen LogP contribution in [0.15, 0.2) is 30.3 Å². The van der Waals surface area contributed by atoms with E-state index in [1.807, 2.05) is 14.0 Å². The number of carbonyl (C=O) groups excluding carboxylic acids is 1. The van der Waals surface area contributed by atoms with Gasteiger partial charge in [0, 0.05) is 19.0 Å². The van der Waals surface area contributed by atoms with E-state index in [1.54, 1.807) is 4.68 Å². The molecule has 1 N–H and O–H groups in total. The maximum absolute atomic E-state index is 12.5. The maximum atomic E-state index is 12.5. The number of rotatable bonds is 5. The van der Waals surface area contributed by atoms with Crippen molar-refractivity contribution in [2.45, 2.75) is 45.1 Å². The second-order valence-corrected chi connectivity index (χ2v) is 8.57. The lowest BCUT2D eigenvalue weighted by atomic mass is 9.84. The third-order valence-corrected chi connectivity index (χ3v) is 6.87. The topological polar surface area (TPSA) is 69.0 Å². The van der Waals surface area contributed by atoms with Gasteiger partial charge in [0.25, 0.3) is 0 Å². The van der Waals surface area contributed by atoms with Crippen LogP contribution < -0.4 is 5.32 Å². The van der Waals surface area contributed by atoms with E-state index in [0.717, 1.165) is 35.1 Å². The molecule has 6 nitrogen and oxygen atoms in total. The minimum Gasteiger partial charge on any atom is -0.466 e. The lowest BCUT2D eigenvalue weighted by Crippen LogP contribution is -2.16. The van der Waals surface area contributed by atoms with Crippen LogP contribution in [-0.4, -0.2) is 34.1 Å². The average Bonchev–Trinajstić information content (AvgIpc) is 3.42. The summed E-state index contributed by atoms with van der Waals surface area (Å²) in [7, 11) is 1.90. The van der Waals surface area contributed by atoms with Crippen LogP contribution in [0.5, 0.6) is 0 Å². The summed E-state index contributed by atoms with van der Waals surface area (Å²) in [6.07, 6.45) is 2.71. The minimum atomic E-state index is -0.168. The molecule has 3 unspecified atom stereocenters. The molecule has 1 saturated heterocycles. The molecule has 0 bridgehead atoms. The van der Waals surface area contributed by atoms with Gasteiger partial charge in [0.1, 0.15) is 5.52 Å². The van der Waals surface area contributed by atoms with Crippen LogP contribution in [0.2, 0.25) is 0 Å². The number of aromatic nitrogens is 3. The van der Waals surface area contributed by atoms with Gasteiger partial charge in [-0.3, -0.25) is 4.79 Å². The van der Waals surface area contributed by atoms with Crippen molar-refractivity contribution in [2.75, 3.05) is 13.2 Å². The summed E-state index contributed by atoms with van der Waals surface area (Å²) in [4.78, 5) is 12.5. The Hall–Kier alpha value is -2.44. The Kier molecular flexibility index (Phi) is 6.04. The highest BCUT2D eigenvalue weighted by Crippen LogP contribution is 2.43. The number of aryl methyl sites for hydroxylation is 2. The van der Waals surface area contributed by atoms with Gasteiger partial charge in [-0.05, 0) is 73.0 Å². The van der Waals surface area contributed by atoms with E-state index in [0.29, 0.717) is 25.0 Å². The molecule has 164 valence electrons. The van der Waals surface area contributed by atoms with Crippen LogP contribution in [0.4, 0.5) is 0 Å². The van der Waals surface area contributed by atoms with Gasteiger partial charge < -0.3 is 10.1 Å². The number of hydrogen-bond acceptors (Lipinski definition) is 5. The van der Waals surface area contributed by atoms with E-state index in [2.05, 4.69) is 52.9 Å². The van der Waals surface area contributed by atoms with Gasteiger partial charge in [-0.25, -0.2) is 4.68 Å². The molecule has 0 radical (unpaired) electrons. The maximum Gasteiger partial charge on any atom is 0.306 e. The van der Waals surface area contributed by atoms with E-state index in [-0.39, 0.29) is 24.3 Å². The van der Waals surface area contributed by atoms with Crippen molar-refractivity contribution >= 4 is 29.4 Å². The van der Waals surface area contributed by atoms with Gasteiger partial charge >= 0.3 is 5.97 Å². The molecule has 2 aliphatic rings. The monoisotopic (exact) mass is 440 g/mol. The zero-order chi connectivity index (χ0) is 20.8. The van der Waals surface area contributed by atoms with Crippen LogP contribution >= 0.6 is 12.4 Å². The molecule has 3 aromatic rings. The number of nitrogens with one attached hydrogen (secondary N) is 1. The molecular formula is C24H29ClN4O2. The molecule has 0 saturated carbocycles. The van der Waals surface area contributed by atoms with E-state index < -0.39 is 0 Å². The molecule has 31 heavy (non-hydrogen) atoms. The second kappa shape index (κ2) is 8.60. The highest BCUT2D eigenvalue weighted by Gasteiger charge is 2.36. The molecule has 1 fully saturated rings. The number of halogens is 1. The Bertz CT molecular complexity index is 1130. The Morgan fingerprint density at radius 3 is 2.97 bits per heavy atom. The minimum absolute atomic E-state index is 0. The molecular weight excluding hydrogens is 412 g/mol. The zero-order valence-corrected chi connectivity index (χ0v) is 19.0. The van der Waals surface area contributed by atoms with Crippen molar-refractivity contribution in [3.05, 3.63) is 58.1 Å². The van der Waals surface area contributed by atoms with Crippen molar-refractivity contribution in [3.63, 3.8) is 0 Å². The molecule has 5 rings (SSSR count). The fraction of sp³-hybridized carbons (Fsp3) is 0.458. The molecule has 2 heterocycles.